The number of benzene rings is 2. The van der Waals surface area contributed by atoms with E-state index in [0.29, 0.717) is 36.8 Å². The van der Waals surface area contributed by atoms with Crippen molar-refractivity contribution in [3.05, 3.63) is 35.4 Å². The summed E-state index contributed by atoms with van der Waals surface area (Å²) in [5, 5.41) is 9.48. The van der Waals surface area contributed by atoms with Crippen LogP contribution < -0.4 is 24.6 Å². The smallest absolute Gasteiger partial charge is 0.243 e. The molecule has 1 fully saturated rings. The zero-order valence-corrected chi connectivity index (χ0v) is 22.1. The molecule has 2 N–H and O–H groups in total. The van der Waals surface area contributed by atoms with Gasteiger partial charge in [-0.2, -0.15) is 0 Å². The van der Waals surface area contributed by atoms with Gasteiger partial charge in [0.2, 0.25) is 5.91 Å². The summed E-state index contributed by atoms with van der Waals surface area (Å²) in [4.78, 5) is 23.4. The maximum atomic E-state index is 11.1. The summed E-state index contributed by atoms with van der Waals surface area (Å²) in [6, 6.07) is 7.96. The van der Waals surface area contributed by atoms with E-state index in [1.54, 1.807) is 19.7 Å². The molecule has 1 aromatic heterocycles. The van der Waals surface area contributed by atoms with E-state index in [2.05, 4.69) is 17.0 Å². The first-order valence-corrected chi connectivity index (χ1v) is 12.8. The number of aryl methyl sites for hydroxylation is 2. The van der Waals surface area contributed by atoms with E-state index in [9.17, 15) is 4.79 Å². The molecule has 0 saturated carbocycles. The van der Waals surface area contributed by atoms with Crippen molar-refractivity contribution in [3.8, 4) is 28.6 Å². The number of anilines is 1. The second-order valence-corrected chi connectivity index (χ2v) is 9.42. The highest BCUT2D eigenvalue weighted by Gasteiger charge is 2.22. The molecule has 1 aliphatic rings. The van der Waals surface area contributed by atoms with Gasteiger partial charge in [0.1, 0.15) is 23.1 Å². The minimum Gasteiger partial charge on any atom is -0.497 e. The summed E-state index contributed by atoms with van der Waals surface area (Å²) in [5.41, 5.74) is 5.41. The highest BCUT2D eigenvalue weighted by molar-refractivity contribution is 5.97. The average molecular weight is 509 g/mol. The van der Waals surface area contributed by atoms with Gasteiger partial charge in [-0.3, -0.25) is 10.0 Å². The lowest BCUT2D eigenvalue weighted by molar-refractivity contribution is -0.129. The quantitative estimate of drug-likeness (QED) is 0.212. The van der Waals surface area contributed by atoms with Gasteiger partial charge >= 0.3 is 0 Å². The van der Waals surface area contributed by atoms with E-state index in [1.165, 1.54) is 0 Å². The molecule has 9 heteroatoms. The number of aromatic nitrogens is 2. The Labute approximate surface area is 217 Å². The molecule has 2 heterocycles. The van der Waals surface area contributed by atoms with Crippen LogP contribution in [0.1, 0.15) is 49.7 Å². The fourth-order valence-corrected chi connectivity index (χ4v) is 4.85. The molecule has 37 heavy (non-hydrogen) atoms. The van der Waals surface area contributed by atoms with Gasteiger partial charge in [0.25, 0.3) is 0 Å². The van der Waals surface area contributed by atoms with Crippen LogP contribution in [0.3, 0.4) is 0 Å². The van der Waals surface area contributed by atoms with Crippen LogP contribution in [-0.2, 0) is 4.79 Å². The Bertz CT molecular complexity index is 1230. The number of nitrogens with one attached hydrogen (secondary N) is 1. The summed E-state index contributed by atoms with van der Waals surface area (Å²) < 4.78 is 17.3. The molecule has 1 saturated heterocycles. The number of fused-ring (bicyclic) bond motifs is 1. The molecule has 0 radical (unpaired) electrons. The van der Waals surface area contributed by atoms with Gasteiger partial charge in [-0.05, 0) is 69.2 Å². The van der Waals surface area contributed by atoms with Crippen molar-refractivity contribution in [1.82, 2.24) is 15.4 Å². The van der Waals surface area contributed by atoms with Gasteiger partial charge in [-0.15, -0.1) is 0 Å². The lowest BCUT2D eigenvalue weighted by Crippen LogP contribution is -2.20. The Morgan fingerprint density at radius 2 is 1.73 bits per heavy atom. The fraction of sp³-hybridized carbons (Fsp3) is 0.464. The van der Waals surface area contributed by atoms with Crippen LogP contribution >= 0.6 is 0 Å². The third kappa shape index (κ3) is 6.05. The van der Waals surface area contributed by atoms with Crippen LogP contribution in [0.15, 0.2) is 24.3 Å². The normalized spacial score (nSPS) is 13.2. The van der Waals surface area contributed by atoms with Crippen molar-refractivity contribution in [2.75, 3.05) is 38.8 Å². The molecule has 0 aliphatic carbocycles. The Balaban J connectivity index is 1.62. The van der Waals surface area contributed by atoms with Gasteiger partial charge in [-0.1, -0.05) is 0 Å². The number of hydroxylamine groups is 1. The van der Waals surface area contributed by atoms with E-state index in [-0.39, 0.29) is 5.91 Å². The number of hydrogen-bond acceptors (Lipinski definition) is 8. The highest BCUT2D eigenvalue weighted by Crippen LogP contribution is 2.39. The number of carbonyl (C=O) groups excluding carboxylic acids is 1. The summed E-state index contributed by atoms with van der Waals surface area (Å²) in [6.45, 7) is 6.54. The van der Waals surface area contributed by atoms with Crippen LogP contribution in [0.2, 0.25) is 0 Å². The van der Waals surface area contributed by atoms with E-state index >= 15 is 0 Å². The number of amides is 1. The molecular weight excluding hydrogens is 472 g/mol. The topological polar surface area (TPSA) is 106 Å². The van der Waals surface area contributed by atoms with Crippen molar-refractivity contribution in [2.45, 2.75) is 52.4 Å². The standard InChI is InChI=1S/C28H36N4O5/c1-18-14-20(15-19(2)26(18)37-13-9-5-6-10-24(33)31-34)27-29-22-16-21(35-3)17-23(36-4)25(22)28(30-27)32-11-7-8-12-32/h14-17,34H,5-13H2,1-4H3,(H,31,33). The van der Waals surface area contributed by atoms with Crippen LogP contribution in [0.5, 0.6) is 17.2 Å². The molecule has 0 bridgehead atoms. The van der Waals surface area contributed by atoms with E-state index in [1.807, 2.05) is 26.0 Å². The zero-order valence-electron chi connectivity index (χ0n) is 22.1. The first-order chi connectivity index (χ1) is 17.9. The van der Waals surface area contributed by atoms with E-state index in [4.69, 9.17) is 29.4 Å². The lowest BCUT2D eigenvalue weighted by Gasteiger charge is -2.21. The van der Waals surface area contributed by atoms with Gasteiger partial charge in [-0.25, -0.2) is 15.4 Å². The van der Waals surface area contributed by atoms with Crippen LogP contribution in [0.4, 0.5) is 5.82 Å². The predicted octanol–water partition coefficient (Wildman–Crippen LogP) is 4.98. The Hall–Kier alpha value is -3.59. The van der Waals surface area contributed by atoms with Crippen molar-refractivity contribution in [2.24, 2.45) is 0 Å². The summed E-state index contributed by atoms with van der Waals surface area (Å²) in [5.74, 6) is 3.45. The first kappa shape index (κ1) is 26.5. The van der Waals surface area contributed by atoms with E-state index in [0.717, 1.165) is 77.9 Å². The number of methoxy groups -OCH3 is 2. The molecule has 4 rings (SSSR count). The van der Waals surface area contributed by atoms with Crippen LogP contribution in [0.25, 0.3) is 22.3 Å². The molecule has 3 aromatic rings. The first-order valence-electron chi connectivity index (χ1n) is 12.8. The SMILES string of the molecule is COc1cc(OC)c2c(N3CCCC3)nc(-c3cc(C)c(OCCCCCC(=O)NO)c(C)c3)nc2c1. The summed E-state index contributed by atoms with van der Waals surface area (Å²) in [7, 11) is 3.30. The largest absolute Gasteiger partial charge is 0.497 e. The second-order valence-electron chi connectivity index (χ2n) is 9.42. The van der Waals surface area contributed by atoms with Gasteiger partial charge < -0.3 is 19.1 Å². The van der Waals surface area contributed by atoms with Gasteiger partial charge in [0.15, 0.2) is 5.82 Å². The highest BCUT2D eigenvalue weighted by atomic mass is 16.5. The molecule has 1 aliphatic heterocycles. The summed E-state index contributed by atoms with van der Waals surface area (Å²) in [6.07, 6.45) is 4.97. The van der Waals surface area contributed by atoms with Gasteiger partial charge in [0, 0.05) is 37.2 Å². The average Bonchev–Trinajstić information content (AvgIpc) is 3.45. The minimum absolute atomic E-state index is 0.312. The third-order valence-electron chi connectivity index (χ3n) is 6.72. The Morgan fingerprint density at radius 3 is 2.38 bits per heavy atom. The number of nitrogens with zero attached hydrogens (tertiary/aromatic N) is 3. The molecule has 9 nitrogen and oxygen atoms in total. The number of carbonyl (C=O) groups is 1. The van der Waals surface area contributed by atoms with Crippen molar-refractivity contribution < 1.29 is 24.2 Å². The molecule has 0 unspecified atom stereocenters. The maximum absolute atomic E-state index is 11.1. The minimum atomic E-state index is -0.358. The maximum Gasteiger partial charge on any atom is 0.243 e. The van der Waals surface area contributed by atoms with Crippen molar-refractivity contribution >= 4 is 22.6 Å². The summed E-state index contributed by atoms with van der Waals surface area (Å²) >= 11 is 0. The number of ether oxygens (including phenoxy) is 3. The molecule has 1 amide bonds. The molecule has 2 aromatic carbocycles. The van der Waals surface area contributed by atoms with Crippen molar-refractivity contribution in [1.29, 1.82) is 0 Å². The van der Waals surface area contributed by atoms with Crippen molar-refractivity contribution in [3.63, 3.8) is 0 Å². The second kappa shape index (κ2) is 12.1. The Kier molecular flexibility index (Phi) is 8.66. The predicted molar refractivity (Wildman–Crippen MR) is 143 cm³/mol. The van der Waals surface area contributed by atoms with Crippen LogP contribution in [-0.4, -0.2) is 55.0 Å². The van der Waals surface area contributed by atoms with Crippen LogP contribution in [0, 0.1) is 13.8 Å². The number of hydrogen-bond donors (Lipinski definition) is 2. The van der Waals surface area contributed by atoms with Gasteiger partial charge in [0.05, 0.1) is 31.7 Å². The molecular formula is C28H36N4O5. The molecule has 0 atom stereocenters. The lowest BCUT2D eigenvalue weighted by atomic mass is 10.0. The molecule has 0 spiro atoms. The number of unbranched alkanes of at least 4 members (excludes halogenated alkanes) is 2. The van der Waals surface area contributed by atoms with E-state index < -0.39 is 0 Å². The monoisotopic (exact) mass is 508 g/mol. The fourth-order valence-electron chi connectivity index (χ4n) is 4.85. The third-order valence-corrected chi connectivity index (χ3v) is 6.72. The number of rotatable bonds is 11. The zero-order chi connectivity index (χ0) is 26.4. The molecule has 198 valence electrons. The Morgan fingerprint density at radius 1 is 1.00 bits per heavy atom.